The molecule has 3 N–H and O–H groups in total. The molecule has 1 heterocycles. The molecule has 0 unspecified atom stereocenters. The van der Waals surface area contributed by atoms with Gasteiger partial charge in [-0.3, -0.25) is 14.9 Å². The Morgan fingerprint density at radius 1 is 1.29 bits per heavy atom. The van der Waals surface area contributed by atoms with Crippen molar-refractivity contribution in [3.8, 4) is 5.75 Å². The van der Waals surface area contributed by atoms with Crippen molar-refractivity contribution >= 4 is 27.9 Å². The zero-order valence-corrected chi connectivity index (χ0v) is 11.8. The first-order valence-corrected chi connectivity index (χ1v) is 6.88. The molecule has 2 aromatic rings. The molecule has 1 amide bonds. The van der Waals surface area contributed by atoms with Crippen molar-refractivity contribution in [2.75, 3.05) is 18.9 Å². The van der Waals surface area contributed by atoms with Crippen LogP contribution in [0.25, 0.3) is 0 Å². The normalized spacial score (nSPS) is 10.1. The second kappa shape index (κ2) is 6.71. The van der Waals surface area contributed by atoms with E-state index >= 15 is 0 Å². The lowest BCUT2D eigenvalue weighted by Gasteiger charge is -2.07. The fourth-order valence-electron chi connectivity index (χ4n) is 1.53. The summed E-state index contributed by atoms with van der Waals surface area (Å²) in [4.78, 5) is 22.1. The molecule has 110 valence electrons. The number of thiophene rings is 1. The monoisotopic (exact) mass is 307 g/mol. The number of hydrogen-bond donors (Lipinski definition) is 2. The molecule has 0 atom stereocenters. The number of hydrogen-bond acceptors (Lipinski definition) is 6. The van der Waals surface area contributed by atoms with Gasteiger partial charge < -0.3 is 15.8 Å². The highest BCUT2D eigenvalue weighted by Gasteiger charge is 2.14. The van der Waals surface area contributed by atoms with Crippen LogP contribution in [0.3, 0.4) is 0 Å². The minimum absolute atomic E-state index is 0.0572. The van der Waals surface area contributed by atoms with Crippen molar-refractivity contribution in [1.29, 1.82) is 0 Å². The Kier molecular flexibility index (Phi) is 4.72. The fraction of sp³-hybridized carbons (Fsp3) is 0.154. The molecule has 0 saturated carbocycles. The number of anilines is 1. The highest BCUT2D eigenvalue weighted by atomic mass is 32.1. The highest BCUT2D eigenvalue weighted by Crippen LogP contribution is 2.23. The Labute approximate surface area is 124 Å². The van der Waals surface area contributed by atoms with E-state index in [0.717, 1.165) is 11.3 Å². The van der Waals surface area contributed by atoms with Crippen molar-refractivity contribution in [3.05, 3.63) is 51.4 Å². The van der Waals surface area contributed by atoms with Crippen LogP contribution in [0, 0.1) is 10.1 Å². The maximum absolute atomic E-state index is 11.7. The topological polar surface area (TPSA) is 107 Å². The van der Waals surface area contributed by atoms with Crippen molar-refractivity contribution in [3.63, 3.8) is 0 Å². The van der Waals surface area contributed by atoms with Gasteiger partial charge in [-0.25, -0.2) is 0 Å². The number of carbonyl (C=O) groups is 1. The number of ether oxygens (including phenoxy) is 1. The van der Waals surface area contributed by atoms with Gasteiger partial charge >= 0.3 is 5.00 Å². The molecular weight excluding hydrogens is 294 g/mol. The Morgan fingerprint density at radius 3 is 2.62 bits per heavy atom. The number of rotatable bonds is 6. The summed E-state index contributed by atoms with van der Waals surface area (Å²) in [5.74, 6) is 0.305. The second-order valence-corrected chi connectivity index (χ2v) is 5.13. The standard InChI is InChI=1S/C13H13N3O4S/c14-9-1-3-10(4-2-9)20-8-7-15-13(17)11-5-6-12(21-11)16(18)19/h1-6H,7-8,14H2,(H,15,17). The molecule has 2 rings (SSSR count). The number of nitrogens with zero attached hydrogens (tertiary/aromatic N) is 1. The van der Waals surface area contributed by atoms with Gasteiger partial charge in [0.25, 0.3) is 5.91 Å². The molecule has 7 nitrogen and oxygen atoms in total. The number of nitro groups is 1. The number of carbonyl (C=O) groups excluding carboxylic acids is 1. The molecule has 0 fully saturated rings. The SMILES string of the molecule is Nc1ccc(OCCNC(=O)c2ccc([N+](=O)[O-])s2)cc1. The number of benzene rings is 1. The lowest BCUT2D eigenvalue weighted by Crippen LogP contribution is -2.27. The van der Waals surface area contributed by atoms with Gasteiger partial charge in [-0.15, -0.1) is 0 Å². The minimum atomic E-state index is -0.522. The molecule has 0 spiro atoms. The largest absolute Gasteiger partial charge is 0.492 e. The number of amides is 1. The van der Waals surface area contributed by atoms with Crippen LogP contribution in [0.5, 0.6) is 5.75 Å². The average Bonchev–Trinajstić information content (AvgIpc) is 2.95. The van der Waals surface area contributed by atoms with Gasteiger partial charge in [0.15, 0.2) is 0 Å². The first kappa shape index (κ1) is 14.8. The molecule has 8 heteroatoms. The van der Waals surface area contributed by atoms with Gasteiger partial charge in [0.2, 0.25) is 0 Å². The van der Waals surface area contributed by atoms with E-state index in [2.05, 4.69) is 5.32 Å². The molecule has 0 saturated heterocycles. The Hall–Kier alpha value is -2.61. The Balaban J connectivity index is 1.76. The quantitative estimate of drug-likeness (QED) is 0.367. The first-order chi connectivity index (χ1) is 10.1. The van der Waals surface area contributed by atoms with Gasteiger partial charge in [-0.2, -0.15) is 0 Å². The van der Waals surface area contributed by atoms with Crippen molar-refractivity contribution < 1.29 is 14.5 Å². The zero-order valence-electron chi connectivity index (χ0n) is 10.9. The van der Waals surface area contributed by atoms with Gasteiger partial charge in [0.05, 0.1) is 16.3 Å². The summed E-state index contributed by atoms with van der Waals surface area (Å²) in [6, 6.07) is 9.65. The fourth-order valence-corrected chi connectivity index (χ4v) is 2.27. The smallest absolute Gasteiger partial charge is 0.324 e. The van der Waals surface area contributed by atoms with E-state index in [0.29, 0.717) is 29.5 Å². The third-order valence-corrected chi connectivity index (χ3v) is 3.57. The number of nitrogen functional groups attached to an aromatic ring is 1. The minimum Gasteiger partial charge on any atom is -0.492 e. The van der Waals surface area contributed by atoms with E-state index in [9.17, 15) is 14.9 Å². The van der Waals surface area contributed by atoms with E-state index in [1.165, 1.54) is 12.1 Å². The molecule has 0 aliphatic rings. The summed E-state index contributed by atoms with van der Waals surface area (Å²) in [6.45, 7) is 0.595. The van der Waals surface area contributed by atoms with Crippen LogP contribution in [0.4, 0.5) is 10.7 Å². The van der Waals surface area contributed by atoms with Crippen LogP contribution < -0.4 is 15.8 Å². The number of nitrogens with one attached hydrogen (secondary N) is 1. The van der Waals surface area contributed by atoms with Crippen LogP contribution in [-0.4, -0.2) is 24.0 Å². The highest BCUT2D eigenvalue weighted by molar-refractivity contribution is 7.17. The summed E-state index contributed by atoms with van der Waals surface area (Å²) >= 11 is 0.839. The zero-order chi connectivity index (χ0) is 15.2. The van der Waals surface area contributed by atoms with E-state index in [1.807, 2.05) is 0 Å². The molecule has 1 aromatic heterocycles. The molecular formula is C13H13N3O4S. The predicted molar refractivity (Wildman–Crippen MR) is 79.7 cm³/mol. The van der Waals surface area contributed by atoms with Gasteiger partial charge in [-0.05, 0) is 30.3 Å². The van der Waals surface area contributed by atoms with E-state index in [-0.39, 0.29) is 10.9 Å². The summed E-state index contributed by atoms with van der Waals surface area (Å²) in [6.07, 6.45) is 0. The van der Waals surface area contributed by atoms with Crippen molar-refractivity contribution in [1.82, 2.24) is 5.32 Å². The summed E-state index contributed by atoms with van der Waals surface area (Å²) in [5, 5.41) is 13.1. The number of nitrogens with two attached hydrogens (primary N) is 1. The van der Waals surface area contributed by atoms with Gasteiger partial charge in [0, 0.05) is 11.8 Å². The maximum Gasteiger partial charge on any atom is 0.324 e. The van der Waals surface area contributed by atoms with Crippen LogP contribution in [0.2, 0.25) is 0 Å². The lowest BCUT2D eigenvalue weighted by molar-refractivity contribution is -0.380. The van der Waals surface area contributed by atoms with Crippen molar-refractivity contribution in [2.45, 2.75) is 0 Å². The molecule has 0 radical (unpaired) electrons. The molecule has 0 aliphatic heterocycles. The molecule has 0 bridgehead atoms. The second-order valence-electron chi connectivity index (χ2n) is 4.07. The Bertz CT molecular complexity index is 639. The van der Waals surface area contributed by atoms with Crippen LogP contribution in [-0.2, 0) is 0 Å². The predicted octanol–water partition coefficient (Wildman–Crippen LogP) is 2.05. The lowest BCUT2D eigenvalue weighted by atomic mass is 10.3. The summed E-state index contributed by atoms with van der Waals surface area (Å²) < 4.78 is 5.42. The average molecular weight is 307 g/mol. The first-order valence-electron chi connectivity index (χ1n) is 6.07. The summed E-state index contributed by atoms with van der Waals surface area (Å²) in [5.41, 5.74) is 6.20. The van der Waals surface area contributed by atoms with Crippen LogP contribution >= 0.6 is 11.3 Å². The van der Waals surface area contributed by atoms with E-state index in [4.69, 9.17) is 10.5 Å². The van der Waals surface area contributed by atoms with E-state index in [1.54, 1.807) is 24.3 Å². The summed E-state index contributed by atoms with van der Waals surface area (Å²) in [7, 11) is 0. The van der Waals surface area contributed by atoms with Crippen LogP contribution in [0.15, 0.2) is 36.4 Å². The third kappa shape index (κ3) is 4.18. The van der Waals surface area contributed by atoms with Crippen LogP contribution in [0.1, 0.15) is 9.67 Å². The Morgan fingerprint density at radius 2 is 2.00 bits per heavy atom. The maximum atomic E-state index is 11.7. The van der Waals surface area contributed by atoms with Crippen molar-refractivity contribution in [2.24, 2.45) is 0 Å². The van der Waals surface area contributed by atoms with E-state index < -0.39 is 4.92 Å². The molecule has 1 aromatic carbocycles. The van der Waals surface area contributed by atoms with Gasteiger partial charge in [-0.1, -0.05) is 11.3 Å². The third-order valence-electron chi connectivity index (χ3n) is 2.53. The van der Waals surface area contributed by atoms with Gasteiger partial charge in [0.1, 0.15) is 12.4 Å². The molecule has 21 heavy (non-hydrogen) atoms. The molecule has 0 aliphatic carbocycles.